The molecule has 0 aliphatic heterocycles. The molecule has 2 rings (SSSR count). The van der Waals surface area contributed by atoms with Crippen LogP contribution < -0.4 is 15.2 Å². The number of carboxylic acids is 1. The number of amides is 1. The van der Waals surface area contributed by atoms with Crippen molar-refractivity contribution in [2.24, 2.45) is 5.73 Å². The number of aromatic nitrogens is 3. The lowest BCUT2D eigenvalue weighted by Crippen LogP contribution is -2.23. The Morgan fingerprint density at radius 3 is 2.65 bits per heavy atom. The van der Waals surface area contributed by atoms with Crippen LogP contribution in [0.5, 0.6) is 11.5 Å². The van der Waals surface area contributed by atoms with Crippen LogP contribution in [0.1, 0.15) is 24.3 Å². The maximum atomic E-state index is 11.5. The average molecular weight is 365 g/mol. The molecule has 1 unspecified atom stereocenters. The van der Waals surface area contributed by atoms with Crippen molar-refractivity contribution in [1.82, 2.24) is 15.4 Å². The first-order valence-corrected chi connectivity index (χ1v) is 7.31. The van der Waals surface area contributed by atoms with E-state index in [-0.39, 0.29) is 35.1 Å². The molecule has 12 nitrogen and oxygen atoms in total. The van der Waals surface area contributed by atoms with E-state index in [1.165, 1.54) is 13.0 Å². The van der Waals surface area contributed by atoms with Crippen LogP contribution in [0.4, 0.5) is 5.69 Å². The number of carbonyl (C=O) groups is 2. The minimum absolute atomic E-state index is 0.0145. The van der Waals surface area contributed by atoms with Gasteiger partial charge < -0.3 is 20.3 Å². The Hall–Kier alpha value is -3.70. The fourth-order valence-electron chi connectivity index (χ4n) is 2.07. The summed E-state index contributed by atoms with van der Waals surface area (Å²) in [5.74, 6) is -2.62. The summed E-state index contributed by atoms with van der Waals surface area (Å²) in [5.41, 5.74) is 4.54. The zero-order valence-corrected chi connectivity index (χ0v) is 13.8. The fourth-order valence-corrected chi connectivity index (χ4v) is 2.07. The van der Waals surface area contributed by atoms with Crippen LogP contribution in [0.15, 0.2) is 12.1 Å². The summed E-state index contributed by atoms with van der Waals surface area (Å²) in [7, 11) is 0. The van der Waals surface area contributed by atoms with Crippen molar-refractivity contribution in [2.45, 2.75) is 20.0 Å². The number of hydrogen-bond acceptors (Lipinski definition) is 8. The second-order valence-corrected chi connectivity index (χ2v) is 5.00. The van der Waals surface area contributed by atoms with E-state index < -0.39 is 28.6 Å². The molecular weight excluding hydrogens is 350 g/mol. The third kappa shape index (κ3) is 3.68. The number of nitrogens with one attached hydrogen (secondary N) is 1. The maximum absolute atomic E-state index is 11.5. The number of nitro groups is 1. The van der Waals surface area contributed by atoms with Crippen LogP contribution in [0.25, 0.3) is 11.3 Å². The summed E-state index contributed by atoms with van der Waals surface area (Å²) < 4.78 is 10.6. The number of rotatable bonds is 8. The van der Waals surface area contributed by atoms with Gasteiger partial charge in [0, 0.05) is 11.6 Å². The summed E-state index contributed by atoms with van der Waals surface area (Å²) >= 11 is 0. The van der Waals surface area contributed by atoms with Crippen LogP contribution in [-0.4, -0.2) is 50.0 Å². The number of hydrogen-bond donors (Lipinski definition) is 3. The molecule has 0 radical (unpaired) electrons. The molecule has 0 spiro atoms. The minimum atomic E-state index is -1.35. The quantitative estimate of drug-likeness (QED) is 0.448. The molecule has 1 aromatic carbocycles. The van der Waals surface area contributed by atoms with Crippen LogP contribution in [0, 0.1) is 10.1 Å². The van der Waals surface area contributed by atoms with Gasteiger partial charge in [-0.05, 0) is 19.9 Å². The van der Waals surface area contributed by atoms with E-state index in [1.54, 1.807) is 6.92 Å². The monoisotopic (exact) mass is 365 g/mol. The lowest BCUT2D eigenvalue weighted by molar-refractivity contribution is -0.386. The van der Waals surface area contributed by atoms with Crippen molar-refractivity contribution >= 4 is 17.6 Å². The van der Waals surface area contributed by atoms with Gasteiger partial charge in [0.25, 0.3) is 5.91 Å². The molecule has 4 N–H and O–H groups in total. The first-order valence-electron chi connectivity index (χ1n) is 7.31. The number of carbonyl (C=O) groups excluding carboxylic acids is 1. The maximum Gasteiger partial charge on any atom is 0.344 e. The molecule has 138 valence electrons. The SMILES string of the molecule is CCOc1cc(-c2n[nH]nc2C(N)=O)cc([N+](=O)[O-])c1OC(C)C(=O)O. The van der Waals surface area contributed by atoms with Crippen LogP contribution >= 0.6 is 0 Å². The van der Waals surface area contributed by atoms with Crippen molar-refractivity contribution in [1.29, 1.82) is 0 Å². The Labute approximate surface area is 146 Å². The van der Waals surface area contributed by atoms with Crippen LogP contribution in [0.2, 0.25) is 0 Å². The summed E-state index contributed by atoms with van der Waals surface area (Å²) in [5, 5.41) is 30.0. The smallest absolute Gasteiger partial charge is 0.344 e. The molecule has 1 heterocycles. The first-order chi connectivity index (χ1) is 12.3. The number of primary amides is 1. The second-order valence-electron chi connectivity index (χ2n) is 5.00. The second kappa shape index (κ2) is 7.46. The van der Waals surface area contributed by atoms with E-state index in [9.17, 15) is 19.7 Å². The topological polar surface area (TPSA) is 184 Å². The van der Waals surface area contributed by atoms with Gasteiger partial charge in [-0.25, -0.2) is 4.79 Å². The number of H-pyrrole nitrogens is 1. The molecule has 0 bridgehead atoms. The number of aliphatic carboxylic acids is 1. The van der Waals surface area contributed by atoms with Gasteiger partial charge in [-0.3, -0.25) is 14.9 Å². The summed E-state index contributed by atoms with van der Waals surface area (Å²) in [6, 6.07) is 2.39. The highest BCUT2D eigenvalue weighted by molar-refractivity contribution is 5.97. The number of ether oxygens (including phenoxy) is 2. The molecular formula is C14H15N5O7. The Balaban J connectivity index is 2.67. The van der Waals surface area contributed by atoms with E-state index in [0.717, 1.165) is 6.07 Å². The molecule has 12 heteroatoms. The van der Waals surface area contributed by atoms with Gasteiger partial charge in [-0.2, -0.15) is 15.4 Å². The third-order valence-corrected chi connectivity index (χ3v) is 3.23. The van der Waals surface area contributed by atoms with Crippen LogP contribution in [-0.2, 0) is 4.79 Å². The van der Waals surface area contributed by atoms with Crippen molar-refractivity contribution < 1.29 is 29.1 Å². The van der Waals surface area contributed by atoms with Crippen molar-refractivity contribution in [3.8, 4) is 22.8 Å². The van der Waals surface area contributed by atoms with E-state index in [2.05, 4.69) is 15.4 Å². The number of benzene rings is 1. The standard InChI is InChI=1S/C14H15N5O7/c1-3-25-9-5-7(10-11(13(15)20)17-18-16-10)4-8(19(23)24)12(9)26-6(2)14(21)22/h4-6H,3H2,1-2H3,(H2,15,20)(H,21,22)(H,16,17,18). The zero-order valence-electron chi connectivity index (χ0n) is 13.8. The zero-order chi connectivity index (χ0) is 19.4. The molecule has 0 aliphatic carbocycles. The lowest BCUT2D eigenvalue weighted by atomic mass is 10.1. The van der Waals surface area contributed by atoms with Gasteiger partial charge in [0.1, 0.15) is 5.69 Å². The lowest BCUT2D eigenvalue weighted by Gasteiger charge is -2.15. The van der Waals surface area contributed by atoms with E-state index >= 15 is 0 Å². The Morgan fingerprint density at radius 2 is 2.12 bits per heavy atom. The van der Waals surface area contributed by atoms with Gasteiger partial charge in [0.2, 0.25) is 5.75 Å². The molecule has 0 fully saturated rings. The van der Waals surface area contributed by atoms with E-state index in [1.807, 2.05) is 0 Å². The highest BCUT2D eigenvalue weighted by Gasteiger charge is 2.28. The molecule has 1 amide bonds. The van der Waals surface area contributed by atoms with Gasteiger partial charge in [0.05, 0.1) is 11.5 Å². The fraction of sp³-hybridized carbons (Fsp3) is 0.286. The average Bonchev–Trinajstić information content (AvgIpc) is 3.05. The molecule has 1 atom stereocenters. The molecule has 0 saturated carbocycles. The van der Waals surface area contributed by atoms with Gasteiger partial charge in [-0.1, -0.05) is 0 Å². The minimum Gasteiger partial charge on any atom is -0.490 e. The van der Waals surface area contributed by atoms with E-state index in [0.29, 0.717) is 0 Å². The van der Waals surface area contributed by atoms with Crippen molar-refractivity contribution in [2.75, 3.05) is 6.61 Å². The van der Waals surface area contributed by atoms with Gasteiger partial charge >= 0.3 is 11.7 Å². The number of aromatic amines is 1. The number of nitro benzene ring substituents is 1. The largest absolute Gasteiger partial charge is 0.490 e. The van der Waals surface area contributed by atoms with Crippen LogP contribution in [0.3, 0.4) is 0 Å². The summed E-state index contributed by atoms with van der Waals surface area (Å²) in [4.78, 5) is 33.1. The number of nitrogens with zero attached hydrogens (tertiary/aromatic N) is 3. The predicted octanol–water partition coefficient (Wildman–Crippen LogP) is 0.729. The highest BCUT2D eigenvalue weighted by atomic mass is 16.6. The Bertz CT molecular complexity index is 863. The number of nitrogens with two attached hydrogens (primary N) is 1. The first kappa shape index (κ1) is 18.6. The predicted molar refractivity (Wildman–Crippen MR) is 85.9 cm³/mol. The normalized spacial score (nSPS) is 11.6. The summed E-state index contributed by atoms with van der Waals surface area (Å²) in [6.07, 6.45) is -1.35. The molecule has 0 aliphatic rings. The van der Waals surface area contributed by atoms with Gasteiger partial charge in [0.15, 0.2) is 17.5 Å². The Morgan fingerprint density at radius 1 is 1.42 bits per heavy atom. The molecule has 0 saturated heterocycles. The Kier molecular flexibility index (Phi) is 5.35. The molecule has 2 aromatic rings. The third-order valence-electron chi connectivity index (χ3n) is 3.23. The van der Waals surface area contributed by atoms with Gasteiger partial charge in [-0.15, -0.1) is 0 Å². The van der Waals surface area contributed by atoms with Crippen molar-refractivity contribution in [3.63, 3.8) is 0 Å². The number of carboxylic acid groups (broad SMARTS) is 1. The molecule has 26 heavy (non-hydrogen) atoms. The molecule has 1 aromatic heterocycles. The summed E-state index contributed by atoms with van der Waals surface area (Å²) in [6.45, 7) is 2.98. The highest BCUT2D eigenvalue weighted by Crippen LogP contribution is 2.42. The van der Waals surface area contributed by atoms with Crippen molar-refractivity contribution in [3.05, 3.63) is 27.9 Å². The van der Waals surface area contributed by atoms with E-state index in [4.69, 9.17) is 20.3 Å².